The largest absolute Gasteiger partial charge is 0.493 e. The third-order valence-corrected chi connectivity index (χ3v) is 13.9. The van der Waals surface area contributed by atoms with Gasteiger partial charge in [0.1, 0.15) is 6.04 Å². The number of rotatable bonds is 11. The molecule has 1 N–H and O–H groups in total. The van der Waals surface area contributed by atoms with Gasteiger partial charge in [0.05, 0.1) is 47.8 Å². The lowest BCUT2D eigenvalue weighted by Gasteiger charge is -2.50. The Labute approximate surface area is 357 Å². The highest BCUT2D eigenvalue weighted by atomic mass is 19.1. The molecule has 0 unspecified atom stereocenters. The fourth-order valence-corrected chi connectivity index (χ4v) is 10.6. The zero-order valence-corrected chi connectivity index (χ0v) is 35.7. The van der Waals surface area contributed by atoms with E-state index in [1.165, 1.54) is 22.3 Å². The van der Waals surface area contributed by atoms with Crippen molar-refractivity contribution in [3.63, 3.8) is 0 Å². The molecule has 61 heavy (non-hydrogen) atoms. The van der Waals surface area contributed by atoms with E-state index in [4.69, 9.17) is 18.9 Å². The molecule has 7 atom stereocenters. The number of amides is 2. The maximum Gasteiger partial charge on any atom is 0.223 e. The summed E-state index contributed by atoms with van der Waals surface area (Å²) in [4.78, 5) is 46.3. The van der Waals surface area contributed by atoms with Gasteiger partial charge >= 0.3 is 0 Å². The first kappa shape index (κ1) is 42.9. The van der Waals surface area contributed by atoms with Gasteiger partial charge in [-0.25, -0.2) is 0 Å². The van der Waals surface area contributed by atoms with E-state index in [9.17, 15) is 23.2 Å². The Morgan fingerprint density at radius 3 is 1.70 bits per heavy atom. The summed E-state index contributed by atoms with van der Waals surface area (Å²) >= 11 is 0. The summed E-state index contributed by atoms with van der Waals surface area (Å²) in [6.45, 7) is 3.73. The van der Waals surface area contributed by atoms with E-state index < -0.39 is 19.4 Å². The Hall–Kier alpha value is -4.79. The molecule has 12 nitrogen and oxygen atoms in total. The van der Waals surface area contributed by atoms with Gasteiger partial charge in [0.15, 0.2) is 28.8 Å². The van der Waals surface area contributed by atoms with Crippen LogP contribution >= 0.6 is 0 Å². The number of halogens is 2. The Bertz CT molecular complexity index is 2070. The second-order valence-corrected chi connectivity index (χ2v) is 17.3. The molecule has 4 fully saturated rings. The average Bonchev–Trinajstić information content (AvgIpc) is 3.87. The summed E-state index contributed by atoms with van der Waals surface area (Å²) in [5.74, 6) is 2.46. The number of hydrogen-bond donors (Lipinski definition) is 1. The lowest BCUT2D eigenvalue weighted by atomic mass is 9.82. The van der Waals surface area contributed by atoms with Crippen LogP contribution in [0.15, 0.2) is 54.6 Å². The first-order chi connectivity index (χ1) is 29.7. The molecule has 0 spiro atoms. The van der Waals surface area contributed by atoms with E-state index in [0.717, 1.165) is 62.5 Å². The predicted octanol–water partition coefficient (Wildman–Crippen LogP) is 5.11. The monoisotopic (exact) mass is 843 g/mol. The number of ether oxygens (including phenoxy) is 4. The Morgan fingerprint density at radius 2 is 1.15 bits per heavy atom. The molecule has 6 aliphatic heterocycles. The molecule has 14 heteroatoms. The standard InChI is InChI=1S/C27H34FN3O3.C20H25FN2O4/c1-33-25-11-20-8-9-30-17-24(31-16-19(14-28)10-27(31)32)22(29-15-18-6-4-3-5-7-18)13-23(30)21(20)12-26(25)34-2;1-26-18-6-13-3-4-22-11-16(23-10-12(9-21)5-20(23)25)17(24)8-15(22)14(13)7-19(18)27-2/h3-7,11-12,19,22-24,29H,8-10,13-17H2,1-2H3;6-7,12,15-16H,3-5,8-11H2,1-2H3/t19-,22+,23+,24+;12-,15+,16+/m11/s1. The van der Waals surface area contributed by atoms with Gasteiger partial charge in [-0.3, -0.25) is 33.0 Å². The van der Waals surface area contributed by atoms with Crippen molar-refractivity contribution >= 4 is 17.6 Å². The molecule has 6 aliphatic rings. The van der Waals surface area contributed by atoms with Crippen LogP contribution in [-0.4, -0.2) is 136 Å². The molecule has 328 valence electrons. The second kappa shape index (κ2) is 18.7. The lowest BCUT2D eigenvalue weighted by Crippen LogP contribution is -2.61. The molecule has 3 aromatic rings. The minimum absolute atomic E-state index is 0.00742. The maximum absolute atomic E-state index is 13.4. The number of piperidine rings is 2. The number of carbonyl (C=O) groups is 3. The van der Waals surface area contributed by atoms with Crippen molar-refractivity contribution in [2.24, 2.45) is 11.8 Å². The van der Waals surface area contributed by atoms with Crippen LogP contribution in [-0.2, 0) is 33.8 Å². The number of benzene rings is 3. The number of alkyl halides is 2. The van der Waals surface area contributed by atoms with Gasteiger partial charge in [0.2, 0.25) is 11.8 Å². The fraction of sp³-hybridized carbons (Fsp3) is 0.553. The molecule has 0 radical (unpaired) electrons. The molecule has 0 aromatic heterocycles. The Balaban J connectivity index is 0.000000173. The number of fused-ring (bicyclic) bond motifs is 6. The van der Waals surface area contributed by atoms with E-state index in [1.54, 1.807) is 33.3 Å². The van der Waals surface area contributed by atoms with E-state index >= 15 is 0 Å². The van der Waals surface area contributed by atoms with Crippen LogP contribution in [0.25, 0.3) is 0 Å². The minimum atomic E-state index is -0.509. The number of carbonyl (C=O) groups excluding carboxylic acids is 3. The van der Waals surface area contributed by atoms with Gasteiger partial charge < -0.3 is 34.1 Å². The van der Waals surface area contributed by atoms with Crippen molar-refractivity contribution in [2.45, 2.75) is 75.3 Å². The van der Waals surface area contributed by atoms with Crippen molar-refractivity contribution in [1.82, 2.24) is 24.9 Å². The number of nitrogens with one attached hydrogen (secondary N) is 1. The van der Waals surface area contributed by atoms with Gasteiger partial charge in [-0.05, 0) is 71.3 Å². The molecule has 0 aliphatic carbocycles. The van der Waals surface area contributed by atoms with Crippen LogP contribution in [0.5, 0.6) is 23.0 Å². The Morgan fingerprint density at radius 1 is 0.623 bits per heavy atom. The van der Waals surface area contributed by atoms with Gasteiger partial charge in [-0.1, -0.05) is 30.3 Å². The zero-order chi connectivity index (χ0) is 42.8. The average molecular weight is 844 g/mol. The summed E-state index contributed by atoms with van der Waals surface area (Å²) in [5, 5.41) is 3.76. The fourth-order valence-electron chi connectivity index (χ4n) is 10.6. The highest BCUT2D eigenvalue weighted by molar-refractivity contribution is 5.91. The molecule has 0 saturated carbocycles. The molecule has 9 rings (SSSR count). The smallest absolute Gasteiger partial charge is 0.223 e. The van der Waals surface area contributed by atoms with E-state index in [-0.39, 0.29) is 60.0 Å². The van der Waals surface area contributed by atoms with Gasteiger partial charge in [0.25, 0.3) is 0 Å². The third kappa shape index (κ3) is 8.68. The van der Waals surface area contributed by atoms with Crippen molar-refractivity contribution in [3.05, 3.63) is 82.4 Å². The predicted molar refractivity (Wildman–Crippen MR) is 226 cm³/mol. The van der Waals surface area contributed by atoms with E-state index in [1.807, 2.05) is 35.2 Å². The Kier molecular flexibility index (Phi) is 13.1. The number of likely N-dealkylation sites (tertiary alicyclic amines) is 2. The third-order valence-electron chi connectivity index (χ3n) is 13.9. The van der Waals surface area contributed by atoms with Crippen LogP contribution in [0.1, 0.15) is 65.6 Å². The molecule has 2 amide bonds. The van der Waals surface area contributed by atoms with Gasteiger partial charge in [0, 0.05) is 95.0 Å². The van der Waals surface area contributed by atoms with Crippen LogP contribution in [0.3, 0.4) is 0 Å². The summed E-state index contributed by atoms with van der Waals surface area (Å²) in [7, 11) is 6.57. The number of nitrogens with zero attached hydrogens (tertiary/aromatic N) is 4. The minimum Gasteiger partial charge on any atom is -0.493 e. The highest BCUT2D eigenvalue weighted by Crippen LogP contribution is 2.44. The maximum atomic E-state index is 13.4. The van der Waals surface area contributed by atoms with E-state index in [0.29, 0.717) is 44.0 Å². The molecule has 6 heterocycles. The van der Waals surface area contributed by atoms with Crippen LogP contribution in [0, 0.1) is 11.8 Å². The van der Waals surface area contributed by atoms with Crippen molar-refractivity contribution in [3.8, 4) is 23.0 Å². The summed E-state index contributed by atoms with van der Waals surface area (Å²) < 4.78 is 48.4. The van der Waals surface area contributed by atoms with Crippen molar-refractivity contribution in [2.75, 3.05) is 81.1 Å². The normalized spacial score (nSPS) is 27.4. The van der Waals surface area contributed by atoms with Gasteiger partial charge in [-0.2, -0.15) is 0 Å². The first-order valence-corrected chi connectivity index (χ1v) is 21.6. The van der Waals surface area contributed by atoms with E-state index in [2.05, 4.69) is 39.4 Å². The SMILES string of the molecule is COc1cc2c(cc1OC)[C@@H]1CC(=O)[C@@H](N3C[C@@H](CF)CC3=O)CN1CC2.COc1cc2c(cc1OC)[C@@H]1C[C@H](NCc3ccccc3)[C@@H](N3C[C@@H](CF)CC3=O)CN1CC2. The molecular weight excluding hydrogens is 785 g/mol. The number of methoxy groups -OCH3 is 4. The van der Waals surface area contributed by atoms with Crippen LogP contribution in [0.4, 0.5) is 8.78 Å². The quantitative estimate of drug-likeness (QED) is 0.280. The van der Waals surface area contributed by atoms with Crippen molar-refractivity contribution in [1.29, 1.82) is 0 Å². The topological polar surface area (TPSA) is 113 Å². The van der Waals surface area contributed by atoms with Crippen LogP contribution < -0.4 is 24.3 Å². The number of ketones is 1. The first-order valence-electron chi connectivity index (χ1n) is 21.6. The van der Waals surface area contributed by atoms with Gasteiger partial charge in [-0.15, -0.1) is 0 Å². The summed E-state index contributed by atoms with van der Waals surface area (Å²) in [5.41, 5.74) is 6.07. The highest BCUT2D eigenvalue weighted by Gasteiger charge is 2.46. The molecular formula is C47H59F2N5O7. The summed E-state index contributed by atoms with van der Waals surface area (Å²) in [6, 6.07) is 18.5. The van der Waals surface area contributed by atoms with Crippen molar-refractivity contribution < 1.29 is 42.1 Å². The number of Topliss-reactive ketones (excluding diaryl/α,β-unsaturated/α-hetero) is 1. The molecule has 4 saturated heterocycles. The number of hydrogen-bond acceptors (Lipinski definition) is 10. The zero-order valence-electron chi connectivity index (χ0n) is 35.7. The van der Waals surface area contributed by atoms with Crippen LogP contribution in [0.2, 0.25) is 0 Å². The summed E-state index contributed by atoms with van der Waals surface area (Å²) in [6.07, 6.45) is 3.56. The second-order valence-electron chi connectivity index (χ2n) is 17.3. The molecule has 0 bridgehead atoms. The molecule has 3 aromatic carbocycles. The lowest BCUT2D eigenvalue weighted by molar-refractivity contribution is -0.140.